The molecular formula is C15H23NO2. The van der Waals surface area contributed by atoms with Gasteiger partial charge in [-0.05, 0) is 43.5 Å². The highest BCUT2D eigenvalue weighted by Gasteiger charge is 2.08. The highest BCUT2D eigenvalue weighted by molar-refractivity contribution is 5.94. The van der Waals surface area contributed by atoms with Gasteiger partial charge < -0.3 is 10.1 Å². The lowest BCUT2D eigenvalue weighted by atomic mass is 10.2. The zero-order chi connectivity index (χ0) is 13.5. The summed E-state index contributed by atoms with van der Waals surface area (Å²) in [5, 5.41) is 2.94. The predicted molar refractivity (Wildman–Crippen MR) is 74.0 cm³/mol. The second-order valence-electron chi connectivity index (χ2n) is 5.01. The second kappa shape index (κ2) is 7.04. The van der Waals surface area contributed by atoms with Crippen LogP contribution in [-0.4, -0.2) is 18.6 Å². The first-order valence-electron chi connectivity index (χ1n) is 6.56. The molecule has 1 amide bonds. The molecule has 3 heteroatoms. The van der Waals surface area contributed by atoms with Crippen LogP contribution in [0.2, 0.25) is 0 Å². The number of rotatable bonds is 6. The van der Waals surface area contributed by atoms with E-state index in [0.29, 0.717) is 18.1 Å². The average molecular weight is 249 g/mol. The Hall–Kier alpha value is -1.51. The van der Waals surface area contributed by atoms with Crippen molar-refractivity contribution in [1.82, 2.24) is 5.32 Å². The molecule has 0 fully saturated rings. The zero-order valence-corrected chi connectivity index (χ0v) is 11.7. The van der Waals surface area contributed by atoms with Crippen molar-refractivity contribution < 1.29 is 9.53 Å². The second-order valence-corrected chi connectivity index (χ2v) is 5.01. The normalized spacial score (nSPS) is 12.3. The molecule has 1 aromatic carbocycles. The summed E-state index contributed by atoms with van der Waals surface area (Å²) in [6, 6.07) is 7.48. The van der Waals surface area contributed by atoms with Crippen LogP contribution in [0.4, 0.5) is 0 Å². The summed E-state index contributed by atoms with van der Waals surface area (Å²) in [5.41, 5.74) is 0.673. The molecule has 0 spiro atoms. The van der Waals surface area contributed by atoms with Gasteiger partial charge >= 0.3 is 0 Å². The first-order valence-corrected chi connectivity index (χ1v) is 6.56. The first kappa shape index (κ1) is 14.6. The Morgan fingerprint density at radius 3 is 2.33 bits per heavy atom. The fourth-order valence-corrected chi connectivity index (χ4v) is 1.37. The predicted octanol–water partition coefficient (Wildman–Crippen LogP) is 3.25. The Bertz CT molecular complexity index is 371. The van der Waals surface area contributed by atoms with Gasteiger partial charge in [0, 0.05) is 11.6 Å². The monoisotopic (exact) mass is 249 g/mol. The first-order chi connectivity index (χ1) is 8.52. The Morgan fingerprint density at radius 2 is 1.83 bits per heavy atom. The van der Waals surface area contributed by atoms with Gasteiger partial charge in [-0.3, -0.25) is 4.79 Å². The van der Waals surface area contributed by atoms with E-state index in [-0.39, 0.29) is 11.9 Å². The van der Waals surface area contributed by atoms with Gasteiger partial charge in [-0.25, -0.2) is 0 Å². The van der Waals surface area contributed by atoms with E-state index in [1.807, 2.05) is 26.0 Å². The van der Waals surface area contributed by atoms with E-state index < -0.39 is 0 Å². The number of hydrogen-bond donors (Lipinski definition) is 1. The van der Waals surface area contributed by atoms with Crippen molar-refractivity contribution in [3.8, 4) is 5.75 Å². The van der Waals surface area contributed by atoms with E-state index in [2.05, 4.69) is 19.2 Å². The highest BCUT2D eigenvalue weighted by atomic mass is 16.5. The summed E-state index contributed by atoms with van der Waals surface area (Å²) in [7, 11) is 0. The summed E-state index contributed by atoms with van der Waals surface area (Å²) >= 11 is 0. The number of benzene rings is 1. The van der Waals surface area contributed by atoms with Crippen molar-refractivity contribution >= 4 is 5.91 Å². The molecule has 0 aromatic heterocycles. The summed E-state index contributed by atoms with van der Waals surface area (Å²) in [4.78, 5) is 11.8. The number of carbonyl (C=O) groups excluding carboxylic acids is 1. The minimum Gasteiger partial charge on any atom is -0.493 e. The molecule has 0 saturated heterocycles. The number of amides is 1. The van der Waals surface area contributed by atoms with Gasteiger partial charge in [0.1, 0.15) is 5.75 Å². The topological polar surface area (TPSA) is 38.3 Å². The van der Waals surface area contributed by atoms with Crippen LogP contribution >= 0.6 is 0 Å². The van der Waals surface area contributed by atoms with Gasteiger partial charge in [0.05, 0.1) is 6.61 Å². The lowest BCUT2D eigenvalue weighted by Gasteiger charge is -2.12. The van der Waals surface area contributed by atoms with Gasteiger partial charge in [-0.2, -0.15) is 0 Å². The molecule has 3 nitrogen and oxygen atoms in total. The largest absolute Gasteiger partial charge is 0.493 e. The molecular weight excluding hydrogens is 226 g/mol. The molecule has 18 heavy (non-hydrogen) atoms. The minimum absolute atomic E-state index is 0.0280. The van der Waals surface area contributed by atoms with Gasteiger partial charge in [0.25, 0.3) is 5.91 Å². The van der Waals surface area contributed by atoms with E-state index in [1.165, 1.54) is 0 Å². The molecule has 1 aromatic rings. The van der Waals surface area contributed by atoms with Crippen LogP contribution in [0.5, 0.6) is 5.75 Å². The molecule has 0 unspecified atom stereocenters. The van der Waals surface area contributed by atoms with Gasteiger partial charge in [-0.1, -0.05) is 20.8 Å². The number of hydrogen-bond acceptors (Lipinski definition) is 2. The molecule has 0 saturated carbocycles. The third kappa shape index (κ3) is 4.78. The van der Waals surface area contributed by atoms with Crippen LogP contribution in [0.3, 0.4) is 0 Å². The summed E-state index contributed by atoms with van der Waals surface area (Å²) < 4.78 is 5.57. The fourth-order valence-electron chi connectivity index (χ4n) is 1.37. The molecule has 1 atom stereocenters. The molecule has 0 radical (unpaired) electrons. The van der Waals surface area contributed by atoms with Crippen LogP contribution in [0.1, 0.15) is 44.5 Å². The van der Waals surface area contributed by atoms with Crippen molar-refractivity contribution in [3.63, 3.8) is 0 Å². The minimum atomic E-state index is -0.0280. The standard InChI is InChI=1S/C15H23NO2/c1-5-12(4)16-15(17)13-6-8-14(9-7-13)18-10-11(2)3/h6-9,11-12H,5,10H2,1-4H3,(H,16,17)/t12-/m1/s1. The fraction of sp³-hybridized carbons (Fsp3) is 0.533. The van der Waals surface area contributed by atoms with Gasteiger partial charge in [0.2, 0.25) is 0 Å². The third-order valence-corrected chi connectivity index (χ3v) is 2.69. The van der Waals surface area contributed by atoms with Crippen LogP contribution in [0, 0.1) is 5.92 Å². The number of carbonyl (C=O) groups is 1. The van der Waals surface area contributed by atoms with Crippen molar-refractivity contribution in [2.75, 3.05) is 6.61 Å². The molecule has 0 aliphatic heterocycles. The maximum atomic E-state index is 11.8. The van der Waals surface area contributed by atoms with Crippen molar-refractivity contribution in [2.45, 2.75) is 40.2 Å². The van der Waals surface area contributed by atoms with Crippen LogP contribution in [0.15, 0.2) is 24.3 Å². The molecule has 0 heterocycles. The van der Waals surface area contributed by atoms with Gasteiger partial charge in [-0.15, -0.1) is 0 Å². The summed E-state index contributed by atoms with van der Waals surface area (Å²) in [6.45, 7) is 8.95. The molecule has 0 aliphatic carbocycles. The Labute approximate surface area is 110 Å². The van der Waals surface area contributed by atoms with Crippen LogP contribution < -0.4 is 10.1 Å². The highest BCUT2D eigenvalue weighted by Crippen LogP contribution is 2.13. The summed E-state index contributed by atoms with van der Waals surface area (Å²) in [6.07, 6.45) is 0.932. The third-order valence-electron chi connectivity index (χ3n) is 2.69. The molecule has 1 N–H and O–H groups in total. The van der Waals surface area contributed by atoms with E-state index in [0.717, 1.165) is 12.2 Å². The molecule has 100 valence electrons. The van der Waals surface area contributed by atoms with Gasteiger partial charge in [0.15, 0.2) is 0 Å². The van der Waals surface area contributed by atoms with Crippen LogP contribution in [0.25, 0.3) is 0 Å². The Balaban J connectivity index is 2.56. The van der Waals surface area contributed by atoms with E-state index in [9.17, 15) is 4.79 Å². The maximum Gasteiger partial charge on any atom is 0.251 e. The maximum absolute atomic E-state index is 11.8. The molecule has 1 rings (SSSR count). The van der Waals surface area contributed by atoms with Crippen molar-refractivity contribution in [1.29, 1.82) is 0 Å². The lowest BCUT2D eigenvalue weighted by molar-refractivity contribution is 0.0939. The Kier molecular flexibility index (Phi) is 5.69. The van der Waals surface area contributed by atoms with E-state index >= 15 is 0 Å². The van der Waals surface area contributed by atoms with E-state index in [4.69, 9.17) is 4.74 Å². The molecule has 0 bridgehead atoms. The lowest BCUT2D eigenvalue weighted by Crippen LogP contribution is -2.31. The van der Waals surface area contributed by atoms with E-state index in [1.54, 1.807) is 12.1 Å². The SMILES string of the molecule is CC[C@@H](C)NC(=O)c1ccc(OCC(C)C)cc1. The van der Waals surface area contributed by atoms with Crippen LogP contribution in [-0.2, 0) is 0 Å². The Morgan fingerprint density at radius 1 is 1.22 bits per heavy atom. The summed E-state index contributed by atoms with van der Waals surface area (Å²) in [5.74, 6) is 1.28. The smallest absolute Gasteiger partial charge is 0.251 e. The van der Waals surface area contributed by atoms with Crippen molar-refractivity contribution in [3.05, 3.63) is 29.8 Å². The average Bonchev–Trinajstić information content (AvgIpc) is 2.36. The zero-order valence-electron chi connectivity index (χ0n) is 11.7. The molecule has 0 aliphatic rings. The number of nitrogens with one attached hydrogen (secondary N) is 1. The van der Waals surface area contributed by atoms with Crippen molar-refractivity contribution in [2.24, 2.45) is 5.92 Å². The number of ether oxygens (including phenoxy) is 1. The quantitative estimate of drug-likeness (QED) is 0.840.